The topological polar surface area (TPSA) is 162 Å². The summed E-state index contributed by atoms with van der Waals surface area (Å²) in [6.07, 6.45) is 4.21. The summed E-state index contributed by atoms with van der Waals surface area (Å²) in [7, 11) is 1.44. The Morgan fingerprint density at radius 2 is 1.96 bits per heavy atom. The minimum Gasteiger partial charge on any atom is -0.494 e. The Bertz CT molecular complexity index is 1530. The summed E-state index contributed by atoms with van der Waals surface area (Å²) in [5.74, 6) is -1.13. The van der Waals surface area contributed by atoms with Crippen molar-refractivity contribution in [3.63, 3.8) is 0 Å². The maximum absolute atomic E-state index is 15.0. The number of hydrogen-bond donors (Lipinski definition) is 3. The van der Waals surface area contributed by atoms with Crippen LogP contribution in [-0.4, -0.2) is 46.7 Å². The molecule has 1 amide bonds. The number of pyridine rings is 1. The van der Waals surface area contributed by atoms with Crippen molar-refractivity contribution in [1.82, 2.24) is 4.98 Å². The molecule has 1 fully saturated rings. The number of halogens is 1. The first kappa shape index (κ1) is 33.1. The van der Waals surface area contributed by atoms with Crippen molar-refractivity contribution in [1.29, 1.82) is 0 Å². The zero-order valence-electron chi connectivity index (χ0n) is 25.5. The minimum absolute atomic E-state index is 0.0240. The van der Waals surface area contributed by atoms with Crippen LogP contribution in [0.25, 0.3) is 0 Å². The molecule has 45 heavy (non-hydrogen) atoms. The molecule has 0 radical (unpaired) electrons. The van der Waals surface area contributed by atoms with Crippen molar-refractivity contribution in [2.45, 2.75) is 52.7 Å². The highest BCUT2D eigenvalue weighted by atomic mass is 19.1. The number of nitro benzene ring substituents is 1. The number of carbonyl (C=O) groups excluding carboxylic acids is 1. The van der Waals surface area contributed by atoms with Crippen molar-refractivity contribution >= 4 is 28.9 Å². The summed E-state index contributed by atoms with van der Waals surface area (Å²) in [6, 6.07) is 9.22. The SMILES string of the molecule is COc1cc(NCc2c(F)ccc([N+](=O)[O-])c2Oc2ccc(C(=O)O)cn2)ccc1NC(=O)COC1CCCC(C)C1C(C)C. The van der Waals surface area contributed by atoms with Crippen LogP contribution in [0.1, 0.15) is 56.0 Å². The first-order valence-corrected chi connectivity index (χ1v) is 14.6. The van der Waals surface area contributed by atoms with Gasteiger partial charge in [-0.2, -0.15) is 0 Å². The van der Waals surface area contributed by atoms with Gasteiger partial charge in [0.1, 0.15) is 18.2 Å². The molecule has 3 unspecified atom stereocenters. The molecule has 3 atom stereocenters. The molecule has 0 bridgehead atoms. The summed E-state index contributed by atoms with van der Waals surface area (Å²) in [4.78, 5) is 38.8. The number of aromatic carboxylic acids is 1. The molecule has 2 aromatic carbocycles. The van der Waals surface area contributed by atoms with Crippen LogP contribution >= 0.6 is 0 Å². The number of benzene rings is 2. The van der Waals surface area contributed by atoms with E-state index in [1.54, 1.807) is 18.2 Å². The number of carboxylic acids is 1. The zero-order valence-corrected chi connectivity index (χ0v) is 25.5. The molecule has 240 valence electrons. The first-order valence-electron chi connectivity index (χ1n) is 14.6. The third-order valence-corrected chi connectivity index (χ3v) is 7.95. The van der Waals surface area contributed by atoms with Gasteiger partial charge in [-0.05, 0) is 48.4 Å². The first-order chi connectivity index (χ1) is 21.5. The van der Waals surface area contributed by atoms with Gasteiger partial charge in [-0.15, -0.1) is 0 Å². The number of nitrogens with zero attached hydrogens (tertiary/aromatic N) is 2. The van der Waals surface area contributed by atoms with Crippen molar-refractivity contribution in [3.05, 3.63) is 75.7 Å². The zero-order chi connectivity index (χ0) is 32.7. The van der Waals surface area contributed by atoms with Crippen LogP contribution < -0.4 is 20.1 Å². The second-order valence-electron chi connectivity index (χ2n) is 11.3. The number of carbonyl (C=O) groups is 2. The summed E-state index contributed by atoms with van der Waals surface area (Å²) in [5, 5.41) is 26.6. The van der Waals surface area contributed by atoms with E-state index in [1.807, 2.05) is 0 Å². The number of nitro groups is 1. The van der Waals surface area contributed by atoms with E-state index in [2.05, 4.69) is 36.4 Å². The fraction of sp³-hybridized carbons (Fsp3) is 0.406. The van der Waals surface area contributed by atoms with Crippen molar-refractivity contribution in [3.8, 4) is 17.4 Å². The Kier molecular flexibility index (Phi) is 10.9. The number of ether oxygens (including phenoxy) is 3. The van der Waals surface area contributed by atoms with Gasteiger partial charge in [0.2, 0.25) is 17.5 Å². The van der Waals surface area contributed by atoms with Gasteiger partial charge in [-0.25, -0.2) is 14.2 Å². The number of nitrogens with one attached hydrogen (secondary N) is 2. The number of methoxy groups -OCH3 is 1. The molecule has 13 heteroatoms. The number of hydrogen-bond acceptors (Lipinski definition) is 9. The highest BCUT2D eigenvalue weighted by Crippen LogP contribution is 2.38. The van der Waals surface area contributed by atoms with E-state index in [9.17, 15) is 24.1 Å². The van der Waals surface area contributed by atoms with E-state index in [0.717, 1.165) is 37.6 Å². The highest BCUT2D eigenvalue weighted by molar-refractivity contribution is 5.93. The second kappa shape index (κ2) is 14.8. The molecule has 4 rings (SSSR count). The maximum Gasteiger partial charge on any atom is 0.337 e. The quantitative estimate of drug-likeness (QED) is 0.139. The van der Waals surface area contributed by atoms with E-state index >= 15 is 0 Å². The van der Waals surface area contributed by atoms with Crippen LogP contribution in [0.5, 0.6) is 17.4 Å². The Morgan fingerprint density at radius 3 is 2.60 bits per heavy atom. The molecule has 1 saturated carbocycles. The van der Waals surface area contributed by atoms with E-state index < -0.39 is 22.4 Å². The van der Waals surface area contributed by atoms with Gasteiger partial charge < -0.3 is 30.0 Å². The van der Waals surface area contributed by atoms with Crippen LogP contribution in [0.2, 0.25) is 0 Å². The number of anilines is 2. The number of carboxylic acid groups (broad SMARTS) is 1. The molecule has 1 aliphatic rings. The lowest BCUT2D eigenvalue weighted by molar-refractivity contribution is -0.385. The minimum atomic E-state index is -1.21. The molecular weight excluding hydrogens is 587 g/mol. The highest BCUT2D eigenvalue weighted by Gasteiger charge is 2.34. The molecule has 0 saturated heterocycles. The molecule has 0 aliphatic heterocycles. The van der Waals surface area contributed by atoms with Gasteiger partial charge in [0.15, 0.2) is 0 Å². The molecule has 1 heterocycles. The van der Waals surface area contributed by atoms with E-state index in [0.29, 0.717) is 34.9 Å². The van der Waals surface area contributed by atoms with Crippen LogP contribution in [-0.2, 0) is 16.1 Å². The standard InChI is InChI=1S/C32H37FN4O8/c1-18(2)30-19(3)6-5-7-26(30)44-17-28(38)36-24-11-9-21(14-27(24)43-4)34-16-22-23(33)10-12-25(37(41)42)31(22)45-29-13-8-20(15-35-29)32(39)40/h8-15,18-19,26,30,34H,5-7,16-17H2,1-4H3,(H,36,38)(H,39,40). The third kappa shape index (κ3) is 8.24. The Morgan fingerprint density at radius 1 is 1.18 bits per heavy atom. The monoisotopic (exact) mass is 624 g/mol. The van der Waals surface area contributed by atoms with Crippen molar-refractivity contribution in [2.24, 2.45) is 17.8 Å². The Labute approximate surface area is 260 Å². The second-order valence-corrected chi connectivity index (χ2v) is 11.3. The lowest BCUT2D eigenvalue weighted by Gasteiger charge is -2.38. The summed E-state index contributed by atoms with van der Waals surface area (Å²) >= 11 is 0. The number of rotatable bonds is 13. The van der Waals surface area contributed by atoms with Crippen LogP contribution in [0, 0.1) is 33.7 Å². The van der Waals surface area contributed by atoms with Crippen molar-refractivity contribution in [2.75, 3.05) is 24.4 Å². The molecule has 12 nitrogen and oxygen atoms in total. The van der Waals surface area contributed by atoms with E-state index in [-0.39, 0.29) is 47.9 Å². The van der Waals surface area contributed by atoms with Crippen LogP contribution in [0.15, 0.2) is 48.7 Å². The summed E-state index contributed by atoms with van der Waals surface area (Å²) in [6.45, 7) is 6.29. The summed E-state index contributed by atoms with van der Waals surface area (Å²) < 4.78 is 32.1. The van der Waals surface area contributed by atoms with Crippen molar-refractivity contribution < 1.29 is 38.2 Å². The van der Waals surface area contributed by atoms with Gasteiger partial charge in [-0.1, -0.05) is 33.6 Å². The average Bonchev–Trinajstić information content (AvgIpc) is 3.00. The van der Waals surface area contributed by atoms with Crippen LogP contribution in [0.3, 0.4) is 0 Å². The molecule has 3 aromatic rings. The predicted octanol–water partition coefficient (Wildman–Crippen LogP) is 6.66. The van der Waals surface area contributed by atoms with E-state index in [1.165, 1.54) is 19.2 Å². The maximum atomic E-state index is 15.0. The fourth-order valence-electron chi connectivity index (χ4n) is 5.82. The smallest absolute Gasteiger partial charge is 0.337 e. The number of amides is 1. The third-order valence-electron chi connectivity index (χ3n) is 7.95. The molecular formula is C32H37FN4O8. The molecule has 0 spiro atoms. The number of aromatic nitrogens is 1. The van der Waals surface area contributed by atoms with Gasteiger partial charge in [0, 0.05) is 36.6 Å². The molecule has 1 aliphatic carbocycles. The van der Waals surface area contributed by atoms with Gasteiger partial charge in [-0.3, -0.25) is 14.9 Å². The van der Waals surface area contributed by atoms with Gasteiger partial charge in [0.25, 0.3) is 0 Å². The van der Waals surface area contributed by atoms with Gasteiger partial charge in [0.05, 0.1) is 35.0 Å². The normalized spacial score (nSPS) is 17.9. The summed E-state index contributed by atoms with van der Waals surface area (Å²) in [5.41, 5.74) is 0.113. The average molecular weight is 625 g/mol. The predicted molar refractivity (Wildman–Crippen MR) is 164 cm³/mol. The fourth-order valence-corrected chi connectivity index (χ4v) is 5.82. The molecule has 3 N–H and O–H groups in total. The molecule has 1 aromatic heterocycles. The lowest BCUT2D eigenvalue weighted by atomic mass is 9.72. The Hall–Kier alpha value is -4.78. The van der Waals surface area contributed by atoms with E-state index in [4.69, 9.17) is 19.3 Å². The van der Waals surface area contributed by atoms with Gasteiger partial charge >= 0.3 is 11.7 Å². The van der Waals surface area contributed by atoms with Crippen LogP contribution in [0.4, 0.5) is 21.5 Å². The largest absolute Gasteiger partial charge is 0.494 e. The lowest BCUT2D eigenvalue weighted by Crippen LogP contribution is -2.38. The Balaban J connectivity index is 1.46.